The van der Waals surface area contributed by atoms with Gasteiger partial charge in [-0.05, 0) is 36.8 Å². The van der Waals surface area contributed by atoms with Crippen molar-refractivity contribution in [3.05, 3.63) is 83.7 Å². The smallest absolute Gasteiger partial charge is 0.270 e. The predicted molar refractivity (Wildman–Crippen MR) is 103 cm³/mol. The first-order valence-corrected chi connectivity index (χ1v) is 8.35. The average Bonchev–Trinajstić information content (AvgIpc) is 2.67. The quantitative estimate of drug-likeness (QED) is 0.705. The van der Waals surface area contributed by atoms with Crippen LogP contribution in [-0.4, -0.2) is 18.0 Å². The summed E-state index contributed by atoms with van der Waals surface area (Å²) >= 11 is 0. The zero-order valence-electron chi connectivity index (χ0n) is 14.8. The fourth-order valence-electron chi connectivity index (χ4n) is 2.60. The number of amides is 1. The Balaban J connectivity index is 1.62. The van der Waals surface area contributed by atoms with Crippen molar-refractivity contribution in [2.45, 2.75) is 13.5 Å². The molecule has 0 atom stereocenters. The van der Waals surface area contributed by atoms with Gasteiger partial charge in [0.25, 0.3) is 5.91 Å². The number of ether oxygens (including phenoxy) is 1. The molecule has 1 aromatic heterocycles. The molecule has 0 saturated heterocycles. The van der Waals surface area contributed by atoms with E-state index in [2.05, 4.69) is 15.6 Å². The monoisotopic (exact) mass is 347 g/mol. The van der Waals surface area contributed by atoms with E-state index in [-0.39, 0.29) is 5.91 Å². The van der Waals surface area contributed by atoms with E-state index in [9.17, 15) is 4.79 Å². The molecule has 2 N–H and O–H groups in total. The van der Waals surface area contributed by atoms with Crippen LogP contribution < -0.4 is 15.4 Å². The Morgan fingerprint density at radius 2 is 1.92 bits per heavy atom. The summed E-state index contributed by atoms with van der Waals surface area (Å²) in [5.74, 6) is 0.544. The van der Waals surface area contributed by atoms with Crippen LogP contribution in [0.15, 0.2) is 66.9 Å². The van der Waals surface area contributed by atoms with Gasteiger partial charge >= 0.3 is 0 Å². The number of aryl methyl sites for hydroxylation is 1. The summed E-state index contributed by atoms with van der Waals surface area (Å²) in [6, 6.07) is 19.2. The minimum atomic E-state index is -0.199. The van der Waals surface area contributed by atoms with E-state index in [1.807, 2.05) is 61.5 Å². The van der Waals surface area contributed by atoms with Crippen LogP contribution in [0.2, 0.25) is 0 Å². The summed E-state index contributed by atoms with van der Waals surface area (Å²) in [5, 5.41) is 6.12. The van der Waals surface area contributed by atoms with Crippen LogP contribution in [-0.2, 0) is 6.54 Å². The molecule has 2 aromatic carbocycles. The Kier molecular flexibility index (Phi) is 5.49. The first-order chi connectivity index (χ1) is 12.7. The van der Waals surface area contributed by atoms with Crippen LogP contribution in [0.25, 0.3) is 0 Å². The number of methoxy groups -OCH3 is 1. The van der Waals surface area contributed by atoms with E-state index >= 15 is 0 Å². The topological polar surface area (TPSA) is 63.2 Å². The van der Waals surface area contributed by atoms with Gasteiger partial charge in [-0.25, -0.2) is 4.98 Å². The molecule has 3 rings (SSSR count). The van der Waals surface area contributed by atoms with E-state index in [4.69, 9.17) is 4.74 Å². The third-order valence-electron chi connectivity index (χ3n) is 3.92. The molecule has 0 fully saturated rings. The molecular weight excluding hydrogens is 326 g/mol. The zero-order valence-corrected chi connectivity index (χ0v) is 14.8. The lowest BCUT2D eigenvalue weighted by Crippen LogP contribution is -2.23. The van der Waals surface area contributed by atoms with E-state index in [0.717, 1.165) is 22.7 Å². The summed E-state index contributed by atoms with van der Waals surface area (Å²) in [7, 11) is 1.63. The van der Waals surface area contributed by atoms with E-state index in [1.165, 1.54) is 5.56 Å². The van der Waals surface area contributed by atoms with Crippen molar-refractivity contribution >= 4 is 17.3 Å². The van der Waals surface area contributed by atoms with Crippen LogP contribution in [0.4, 0.5) is 11.4 Å². The number of hydrogen-bond donors (Lipinski definition) is 2. The molecular formula is C21H21N3O2. The van der Waals surface area contributed by atoms with Crippen molar-refractivity contribution in [1.82, 2.24) is 10.3 Å². The van der Waals surface area contributed by atoms with Crippen molar-refractivity contribution in [2.75, 3.05) is 12.4 Å². The van der Waals surface area contributed by atoms with Crippen molar-refractivity contribution in [3.8, 4) is 5.75 Å². The molecule has 5 heteroatoms. The largest absolute Gasteiger partial charge is 0.495 e. The van der Waals surface area contributed by atoms with Crippen LogP contribution in [0.1, 0.15) is 21.6 Å². The summed E-state index contributed by atoms with van der Waals surface area (Å²) < 4.78 is 5.31. The fourth-order valence-corrected chi connectivity index (χ4v) is 2.60. The lowest BCUT2D eigenvalue weighted by Gasteiger charge is -2.11. The van der Waals surface area contributed by atoms with Gasteiger partial charge in [0, 0.05) is 6.54 Å². The maximum absolute atomic E-state index is 12.3. The van der Waals surface area contributed by atoms with Gasteiger partial charge in [-0.15, -0.1) is 0 Å². The third-order valence-corrected chi connectivity index (χ3v) is 3.92. The summed E-state index contributed by atoms with van der Waals surface area (Å²) in [5.41, 5.74) is 4.23. The molecule has 132 valence electrons. The maximum Gasteiger partial charge on any atom is 0.270 e. The zero-order chi connectivity index (χ0) is 18.4. The molecule has 5 nitrogen and oxygen atoms in total. The van der Waals surface area contributed by atoms with Crippen molar-refractivity contribution in [2.24, 2.45) is 0 Å². The molecule has 0 unspecified atom stereocenters. The highest BCUT2D eigenvalue weighted by Gasteiger charge is 2.08. The van der Waals surface area contributed by atoms with Gasteiger partial charge < -0.3 is 15.4 Å². The van der Waals surface area contributed by atoms with Gasteiger partial charge in [-0.2, -0.15) is 0 Å². The number of nitrogens with one attached hydrogen (secondary N) is 2. The number of pyridine rings is 1. The Morgan fingerprint density at radius 3 is 2.65 bits per heavy atom. The number of carbonyl (C=O) groups is 1. The highest BCUT2D eigenvalue weighted by molar-refractivity contribution is 5.92. The highest BCUT2D eigenvalue weighted by Crippen LogP contribution is 2.26. The molecule has 0 aliphatic heterocycles. The molecule has 26 heavy (non-hydrogen) atoms. The van der Waals surface area contributed by atoms with E-state index in [0.29, 0.717) is 12.2 Å². The molecule has 0 saturated carbocycles. The van der Waals surface area contributed by atoms with Gasteiger partial charge in [0.15, 0.2) is 0 Å². The molecule has 1 amide bonds. The minimum Gasteiger partial charge on any atom is -0.495 e. The third kappa shape index (κ3) is 4.39. The number of carbonyl (C=O) groups excluding carboxylic acids is 1. The van der Waals surface area contributed by atoms with E-state index < -0.39 is 0 Å². The van der Waals surface area contributed by atoms with Crippen LogP contribution in [0.5, 0.6) is 5.75 Å². The van der Waals surface area contributed by atoms with Gasteiger partial charge in [-0.1, -0.05) is 42.0 Å². The maximum atomic E-state index is 12.3. The number of para-hydroxylation sites is 2. The first kappa shape index (κ1) is 17.5. The standard InChI is InChI=1S/C21H21N3O2/c1-15-6-5-7-16(12-15)13-23-21(25)19-11-10-17(14-22-19)24-18-8-3-4-9-20(18)26-2/h3-12,14,24H,13H2,1-2H3,(H,23,25). The molecule has 0 spiro atoms. The summed E-state index contributed by atoms with van der Waals surface area (Å²) in [4.78, 5) is 16.5. The minimum absolute atomic E-state index is 0.199. The summed E-state index contributed by atoms with van der Waals surface area (Å²) in [6.45, 7) is 2.50. The molecule has 1 heterocycles. The van der Waals surface area contributed by atoms with Gasteiger partial charge in [0.1, 0.15) is 11.4 Å². The number of benzene rings is 2. The van der Waals surface area contributed by atoms with Crippen LogP contribution in [0, 0.1) is 6.92 Å². The Bertz CT molecular complexity index is 892. The summed E-state index contributed by atoms with van der Waals surface area (Å²) in [6.07, 6.45) is 1.63. The number of anilines is 2. The highest BCUT2D eigenvalue weighted by atomic mass is 16.5. The second-order valence-corrected chi connectivity index (χ2v) is 5.93. The number of aromatic nitrogens is 1. The van der Waals surface area contributed by atoms with E-state index in [1.54, 1.807) is 19.4 Å². The Morgan fingerprint density at radius 1 is 1.08 bits per heavy atom. The van der Waals surface area contributed by atoms with Crippen LogP contribution in [0.3, 0.4) is 0 Å². The predicted octanol–water partition coefficient (Wildman–Crippen LogP) is 4.07. The van der Waals surface area contributed by atoms with Gasteiger partial charge in [-0.3, -0.25) is 4.79 Å². The van der Waals surface area contributed by atoms with Gasteiger partial charge in [0.05, 0.1) is 24.7 Å². The Hall–Kier alpha value is -3.34. The molecule has 0 aliphatic carbocycles. The lowest BCUT2D eigenvalue weighted by molar-refractivity contribution is 0.0946. The number of nitrogens with zero attached hydrogens (tertiary/aromatic N) is 1. The first-order valence-electron chi connectivity index (χ1n) is 8.35. The Labute approximate surface area is 153 Å². The van der Waals surface area contributed by atoms with Gasteiger partial charge in [0.2, 0.25) is 0 Å². The lowest BCUT2D eigenvalue weighted by atomic mass is 10.1. The molecule has 0 aliphatic rings. The van der Waals surface area contributed by atoms with Crippen molar-refractivity contribution in [1.29, 1.82) is 0 Å². The number of rotatable bonds is 6. The molecule has 0 bridgehead atoms. The second-order valence-electron chi connectivity index (χ2n) is 5.93. The van der Waals surface area contributed by atoms with Crippen molar-refractivity contribution in [3.63, 3.8) is 0 Å². The average molecular weight is 347 g/mol. The molecule has 3 aromatic rings. The number of hydrogen-bond acceptors (Lipinski definition) is 4. The molecule has 0 radical (unpaired) electrons. The second kappa shape index (κ2) is 8.16. The normalized spacial score (nSPS) is 10.2. The van der Waals surface area contributed by atoms with Crippen LogP contribution >= 0.6 is 0 Å². The SMILES string of the molecule is COc1ccccc1Nc1ccc(C(=O)NCc2cccc(C)c2)nc1. The fraction of sp³-hybridized carbons (Fsp3) is 0.143. The van der Waals surface area contributed by atoms with Crippen molar-refractivity contribution < 1.29 is 9.53 Å².